The lowest BCUT2D eigenvalue weighted by Crippen LogP contribution is -2.29. The number of aryl methyl sites for hydroxylation is 2. The Bertz CT molecular complexity index is 917. The first-order valence-corrected chi connectivity index (χ1v) is 8.52. The summed E-state index contributed by atoms with van der Waals surface area (Å²) in [7, 11) is 0. The number of aromatic nitrogens is 1. The van der Waals surface area contributed by atoms with E-state index in [9.17, 15) is 9.18 Å². The van der Waals surface area contributed by atoms with Crippen molar-refractivity contribution in [2.75, 3.05) is 5.32 Å². The van der Waals surface area contributed by atoms with Crippen molar-refractivity contribution in [2.45, 2.75) is 26.9 Å². The van der Waals surface area contributed by atoms with Crippen LogP contribution in [0.3, 0.4) is 0 Å². The van der Waals surface area contributed by atoms with Crippen LogP contribution < -0.4 is 10.6 Å². The molecule has 0 bridgehead atoms. The molecule has 2 amide bonds. The van der Waals surface area contributed by atoms with Crippen molar-refractivity contribution in [1.29, 1.82) is 0 Å². The van der Waals surface area contributed by atoms with Crippen LogP contribution in [0.4, 0.5) is 14.9 Å². The van der Waals surface area contributed by atoms with Crippen molar-refractivity contribution in [1.82, 2.24) is 9.88 Å². The van der Waals surface area contributed by atoms with E-state index in [0.717, 1.165) is 28.1 Å². The van der Waals surface area contributed by atoms with Crippen LogP contribution in [0.25, 0.3) is 0 Å². The monoisotopic (exact) mass is 351 g/mol. The number of halogens is 1. The van der Waals surface area contributed by atoms with Crippen LogP contribution in [-0.4, -0.2) is 10.6 Å². The molecule has 3 rings (SSSR count). The van der Waals surface area contributed by atoms with Gasteiger partial charge in [-0.3, -0.25) is 0 Å². The highest BCUT2D eigenvalue weighted by atomic mass is 19.1. The van der Waals surface area contributed by atoms with Crippen LogP contribution in [0.2, 0.25) is 0 Å². The summed E-state index contributed by atoms with van der Waals surface area (Å²) in [6.07, 6.45) is 1.92. The number of hydrogen-bond donors (Lipinski definition) is 2. The molecule has 0 atom stereocenters. The highest BCUT2D eigenvalue weighted by molar-refractivity contribution is 5.90. The lowest BCUT2D eigenvalue weighted by molar-refractivity contribution is 0.251. The average Bonchev–Trinajstić information content (AvgIpc) is 3.03. The zero-order valence-corrected chi connectivity index (χ0v) is 14.9. The molecule has 26 heavy (non-hydrogen) atoms. The van der Waals surface area contributed by atoms with Crippen molar-refractivity contribution in [3.05, 3.63) is 89.0 Å². The molecule has 2 N–H and O–H groups in total. The second kappa shape index (κ2) is 7.87. The number of nitrogens with zero attached hydrogens (tertiary/aromatic N) is 1. The smallest absolute Gasteiger partial charge is 0.319 e. The maximum atomic E-state index is 13.3. The minimum absolute atomic E-state index is 0.248. The van der Waals surface area contributed by atoms with Gasteiger partial charge in [0.25, 0.3) is 0 Å². The van der Waals surface area contributed by atoms with E-state index in [0.29, 0.717) is 13.1 Å². The molecule has 1 heterocycles. The van der Waals surface area contributed by atoms with Crippen molar-refractivity contribution >= 4 is 11.7 Å². The molecule has 0 aliphatic rings. The zero-order valence-electron chi connectivity index (χ0n) is 14.9. The van der Waals surface area contributed by atoms with E-state index in [4.69, 9.17) is 0 Å². The third-order valence-electron chi connectivity index (χ3n) is 4.23. The molecule has 2 aromatic carbocycles. The van der Waals surface area contributed by atoms with Gasteiger partial charge in [0, 0.05) is 24.1 Å². The van der Waals surface area contributed by atoms with Gasteiger partial charge in [0.05, 0.1) is 6.54 Å². The molecule has 1 aromatic heterocycles. The largest absolute Gasteiger partial charge is 0.345 e. The number of rotatable bonds is 5. The number of carbonyl (C=O) groups excluding carboxylic acids is 1. The Balaban J connectivity index is 1.60. The lowest BCUT2D eigenvalue weighted by atomic mass is 10.1. The fourth-order valence-corrected chi connectivity index (χ4v) is 2.89. The van der Waals surface area contributed by atoms with Crippen molar-refractivity contribution < 1.29 is 9.18 Å². The van der Waals surface area contributed by atoms with E-state index in [1.165, 1.54) is 12.1 Å². The molecule has 4 nitrogen and oxygen atoms in total. The summed E-state index contributed by atoms with van der Waals surface area (Å²) in [6, 6.07) is 16.0. The Morgan fingerprint density at radius 2 is 1.92 bits per heavy atom. The fourth-order valence-electron chi connectivity index (χ4n) is 2.89. The Hall–Kier alpha value is -3.08. The molecule has 0 radical (unpaired) electrons. The van der Waals surface area contributed by atoms with Crippen LogP contribution in [0.15, 0.2) is 60.8 Å². The predicted molar refractivity (Wildman–Crippen MR) is 102 cm³/mol. The summed E-state index contributed by atoms with van der Waals surface area (Å²) in [5.74, 6) is -0.248. The maximum Gasteiger partial charge on any atom is 0.319 e. The van der Waals surface area contributed by atoms with Gasteiger partial charge in [0.15, 0.2) is 0 Å². The first kappa shape index (κ1) is 17.7. The standard InChI is InChI=1S/C21H22FN3O/c1-15-8-9-20(16(2)11-15)24-21(26)23-13-19-7-4-10-25(19)14-17-5-3-6-18(22)12-17/h3-12H,13-14H2,1-2H3,(H2,23,24,26). The molecule has 0 saturated heterocycles. The van der Waals surface area contributed by atoms with E-state index < -0.39 is 0 Å². The zero-order chi connectivity index (χ0) is 18.5. The predicted octanol–water partition coefficient (Wildman–Crippen LogP) is 4.61. The molecule has 0 unspecified atom stereocenters. The number of carbonyl (C=O) groups is 1. The molecule has 0 fully saturated rings. The van der Waals surface area contributed by atoms with E-state index in [1.54, 1.807) is 6.07 Å². The average molecular weight is 351 g/mol. The molecule has 0 aliphatic heterocycles. The number of nitrogens with one attached hydrogen (secondary N) is 2. The van der Waals surface area contributed by atoms with Gasteiger partial charge < -0.3 is 15.2 Å². The van der Waals surface area contributed by atoms with Crippen LogP contribution in [0.1, 0.15) is 22.4 Å². The normalized spacial score (nSPS) is 10.6. The number of amides is 2. The fraction of sp³-hybridized carbons (Fsp3) is 0.190. The molecular formula is C21H22FN3O. The molecule has 0 saturated carbocycles. The Kier molecular flexibility index (Phi) is 5.37. The van der Waals surface area contributed by atoms with Gasteiger partial charge in [-0.2, -0.15) is 0 Å². The molecular weight excluding hydrogens is 329 g/mol. The van der Waals surface area contributed by atoms with Crippen LogP contribution in [0.5, 0.6) is 0 Å². The summed E-state index contributed by atoms with van der Waals surface area (Å²) in [6.45, 7) is 4.93. The lowest BCUT2D eigenvalue weighted by Gasteiger charge is -2.13. The van der Waals surface area contributed by atoms with Gasteiger partial charge >= 0.3 is 6.03 Å². The quantitative estimate of drug-likeness (QED) is 0.692. The first-order valence-electron chi connectivity index (χ1n) is 8.52. The minimum Gasteiger partial charge on any atom is -0.345 e. The maximum absolute atomic E-state index is 13.3. The van der Waals surface area contributed by atoms with Crippen molar-refractivity contribution in [2.24, 2.45) is 0 Å². The van der Waals surface area contributed by atoms with Gasteiger partial charge in [-0.25, -0.2) is 9.18 Å². The third kappa shape index (κ3) is 4.51. The van der Waals surface area contributed by atoms with Gasteiger partial charge in [-0.15, -0.1) is 0 Å². The Morgan fingerprint density at radius 1 is 1.08 bits per heavy atom. The van der Waals surface area contributed by atoms with Crippen LogP contribution in [-0.2, 0) is 13.1 Å². The first-order chi connectivity index (χ1) is 12.5. The second-order valence-electron chi connectivity index (χ2n) is 6.38. The molecule has 3 aromatic rings. The van der Waals surface area contributed by atoms with Gasteiger partial charge in [0.2, 0.25) is 0 Å². The number of hydrogen-bond acceptors (Lipinski definition) is 1. The summed E-state index contributed by atoms with van der Waals surface area (Å²) < 4.78 is 15.3. The van der Waals surface area contributed by atoms with E-state index in [2.05, 4.69) is 10.6 Å². The van der Waals surface area contributed by atoms with Crippen molar-refractivity contribution in [3.63, 3.8) is 0 Å². The van der Waals surface area contributed by atoms with Crippen LogP contribution in [0, 0.1) is 19.7 Å². The summed E-state index contributed by atoms with van der Waals surface area (Å²) in [5.41, 5.74) is 4.80. The molecule has 5 heteroatoms. The van der Waals surface area contributed by atoms with E-state index in [-0.39, 0.29) is 11.8 Å². The van der Waals surface area contributed by atoms with E-state index in [1.807, 2.05) is 61.0 Å². The Labute approximate surface area is 152 Å². The molecule has 134 valence electrons. The number of urea groups is 1. The Morgan fingerprint density at radius 3 is 2.69 bits per heavy atom. The summed E-state index contributed by atoms with van der Waals surface area (Å²) >= 11 is 0. The van der Waals surface area contributed by atoms with Gasteiger partial charge in [0.1, 0.15) is 5.82 Å². The second-order valence-corrected chi connectivity index (χ2v) is 6.38. The summed E-state index contributed by atoms with van der Waals surface area (Å²) in [5, 5.41) is 5.74. The highest BCUT2D eigenvalue weighted by Crippen LogP contribution is 2.16. The minimum atomic E-state index is -0.254. The van der Waals surface area contributed by atoms with Crippen molar-refractivity contribution in [3.8, 4) is 0 Å². The van der Waals surface area contributed by atoms with Gasteiger partial charge in [-0.1, -0.05) is 29.8 Å². The summed E-state index contributed by atoms with van der Waals surface area (Å²) in [4.78, 5) is 12.2. The highest BCUT2D eigenvalue weighted by Gasteiger charge is 2.07. The molecule has 0 aliphatic carbocycles. The van der Waals surface area contributed by atoms with Gasteiger partial charge in [-0.05, 0) is 55.3 Å². The van der Waals surface area contributed by atoms with E-state index >= 15 is 0 Å². The third-order valence-corrected chi connectivity index (χ3v) is 4.23. The SMILES string of the molecule is Cc1ccc(NC(=O)NCc2cccn2Cc2cccc(F)c2)c(C)c1. The topological polar surface area (TPSA) is 46.1 Å². The van der Waals surface area contributed by atoms with Crippen LogP contribution >= 0.6 is 0 Å². The number of anilines is 1. The number of benzene rings is 2. The molecule has 0 spiro atoms.